The average Bonchev–Trinajstić information content (AvgIpc) is 2.06. The standard InChI is InChI=1S/C10H16N4/c1-14(7-3-2-4-7)9-6-5-8(11)10(12)13-9/h5-7H,2-4,11H2,1H3,(H2,12,13). The number of nitrogen functional groups attached to an aromatic ring is 2. The Balaban J connectivity index is 2.18. The average molecular weight is 192 g/mol. The van der Waals surface area contributed by atoms with Crippen LogP contribution in [-0.4, -0.2) is 18.1 Å². The second-order valence-corrected chi connectivity index (χ2v) is 3.84. The number of hydrogen-bond acceptors (Lipinski definition) is 4. The fourth-order valence-electron chi connectivity index (χ4n) is 1.63. The third-order valence-electron chi connectivity index (χ3n) is 2.93. The molecular weight excluding hydrogens is 176 g/mol. The zero-order valence-electron chi connectivity index (χ0n) is 8.40. The summed E-state index contributed by atoms with van der Waals surface area (Å²) in [7, 11) is 2.06. The van der Waals surface area contributed by atoms with Crippen molar-refractivity contribution in [1.82, 2.24) is 4.98 Å². The van der Waals surface area contributed by atoms with E-state index >= 15 is 0 Å². The van der Waals surface area contributed by atoms with Crippen molar-refractivity contribution in [2.75, 3.05) is 23.4 Å². The molecule has 0 radical (unpaired) electrons. The highest BCUT2D eigenvalue weighted by Gasteiger charge is 2.23. The minimum atomic E-state index is 0.425. The van der Waals surface area contributed by atoms with Gasteiger partial charge in [-0.2, -0.15) is 0 Å². The van der Waals surface area contributed by atoms with Crippen LogP contribution in [0.4, 0.5) is 17.3 Å². The lowest BCUT2D eigenvalue weighted by molar-refractivity contribution is 0.399. The molecule has 0 amide bonds. The highest BCUT2D eigenvalue weighted by atomic mass is 15.2. The first-order chi connectivity index (χ1) is 6.68. The Morgan fingerprint density at radius 3 is 2.57 bits per heavy atom. The molecule has 4 nitrogen and oxygen atoms in total. The molecule has 0 atom stereocenters. The lowest BCUT2D eigenvalue weighted by Crippen LogP contribution is -2.37. The summed E-state index contributed by atoms with van der Waals surface area (Å²) in [6, 6.07) is 4.36. The summed E-state index contributed by atoms with van der Waals surface area (Å²) in [5.74, 6) is 1.34. The molecule has 1 heterocycles. The van der Waals surface area contributed by atoms with Crippen LogP contribution in [0.2, 0.25) is 0 Å². The third-order valence-corrected chi connectivity index (χ3v) is 2.93. The van der Waals surface area contributed by atoms with E-state index in [0.717, 1.165) is 5.82 Å². The van der Waals surface area contributed by atoms with E-state index in [2.05, 4.69) is 16.9 Å². The first-order valence-corrected chi connectivity index (χ1v) is 4.93. The zero-order valence-corrected chi connectivity index (χ0v) is 8.40. The third kappa shape index (κ3) is 1.47. The molecule has 1 aromatic rings. The van der Waals surface area contributed by atoms with E-state index in [9.17, 15) is 0 Å². The second kappa shape index (κ2) is 3.36. The van der Waals surface area contributed by atoms with E-state index in [1.807, 2.05) is 12.1 Å². The fraction of sp³-hybridized carbons (Fsp3) is 0.500. The van der Waals surface area contributed by atoms with Gasteiger partial charge in [-0.25, -0.2) is 4.98 Å². The van der Waals surface area contributed by atoms with Gasteiger partial charge >= 0.3 is 0 Å². The summed E-state index contributed by atoms with van der Waals surface area (Å²) in [5, 5.41) is 0. The monoisotopic (exact) mass is 192 g/mol. The Hall–Kier alpha value is -1.45. The van der Waals surface area contributed by atoms with Crippen molar-refractivity contribution in [1.29, 1.82) is 0 Å². The SMILES string of the molecule is CN(c1ccc(N)c(N)n1)C1CCC1. The summed E-state index contributed by atoms with van der Waals surface area (Å²) >= 11 is 0. The minimum Gasteiger partial charge on any atom is -0.396 e. The van der Waals surface area contributed by atoms with E-state index in [1.54, 1.807) is 0 Å². The molecule has 4 heteroatoms. The van der Waals surface area contributed by atoms with Gasteiger partial charge in [0.25, 0.3) is 0 Å². The topological polar surface area (TPSA) is 68.2 Å². The fourth-order valence-corrected chi connectivity index (χ4v) is 1.63. The van der Waals surface area contributed by atoms with Gasteiger partial charge in [0.1, 0.15) is 11.6 Å². The molecule has 0 unspecified atom stereocenters. The van der Waals surface area contributed by atoms with Gasteiger partial charge in [0.2, 0.25) is 0 Å². The summed E-state index contributed by atoms with van der Waals surface area (Å²) in [6.07, 6.45) is 3.82. The first-order valence-electron chi connectivity index (χ1n) is 4.93. The number of nitrogens with zero attached hydrogens (tertiary/aromatic N) is 2. The Bertz CT molecular complexity index is 333. The summed E-state index contributed by atoms with van der Waals surface area (Å²) in [4.78, 5) is 6.43. The Labute approximate surface area is 83.9 Å². The number of nitrogens with two attached hydrogens (primary N) is 2. The Morgan fingerprint density at radius 2 is 2.07 bits per heavy atom. The van der Waals surface area contributed by atoms with E-state index in [4.69, 9.17) is 11.5 Å². The van der Waals surface area contributed by atoms with E-state index in [0.29, 0.717) is 17.5 Å². The van der Waals surface area contributed by atoms with Crippen molar-refractivity contribution < 1.29 is 0 Å². The van der Waals surface area contributed by atoms with Gasteiger partial charge in [-0.3, -0.25) is 0 Å². The summed E-state index contributed by atoms with van der Waals surface area (Å²) < 4.78 is 0. The lowest BCUT2D eigenvalue weighted by atomic mass is 9.92. The Kier molecular flexibility index (Phi) is 2.19. The largest absolute Gasteiger partial charge is 0.396 e. The van der Waals surface area contributed by atoms with E-state index < -0.39 is 0 Å². The predicted octanol–water partition coefficient (Wildman–Crippen LogP) is 1.23. The molecule has 1 aliphatic carbocycles. The van der Waals surface area contributed by atoms with Gasteiger partial charge in [-0.1, -0.05) is 0 Å². The van der Waals surface area contributed by atoms with Crippen LogP contribution in [0, 0.1) is 0 Å². The number of hydrogen-bond donors (Lipinski definition) is 2. The maximum absolute atomic E-state index is 5.66. The van der Waals surface area contributed by atoms with Crippen LogP contribution in [0.1, 0.15) is 19.3 Å². The molecule has 2 rings (SSSR count). The first kappa shape index (κ1) is 9.12. The summed E-state index contributed by atoms with van der Waals surface area (Å²) in [5.41, 5.74) is 11.8. The van der Waals surface area contributed by atoms with Crippen LogP contribution in [0.15, 0.2) is 12.1 Å². The van der Waals surface area contributed by atoms with E-state index in [1.165, 1.54) is 19.3 Å². The van der Waals surface area contributed by atoms with Crippen molar-refractivity contribution in [3.8, 4) is 0 Å². The van der Waals surface area contributed by atoms with Crippen LogP contribution < -0.4 is 16.4 Å². The molecule has 1 aromatic heterocycles. The molecule has 0 aromatic carbocycles. The van der Waals surface area contributed by atoms with Crippen LogP contribution in [0.3, 0.4) is 0 Å². The number of anilines is 3. The molecule has 4 N–H and O–H groups in total. The molecule has 0 spiro atoms. The van der Waals surface area contributed by atoms with Gasteiger partial charge in [0.15, 0.2) is 0 Å². The molecule has 1 fully saturated rings. The van der Waals surface area contributed by atoms with Gasteiger partial charge in [0.05, 0.1) is 5.69 Å². The highest BCUT2D eigenvalue weighted by molar-refractivity contribution is 5.62. The predicted molar refractivity (Wildman–Crippen MR) is 59.1 cm³/mol. The van der Waals surface area contributed by atoms with Crippen molar-refractivity contribution in [2.45, 2.75) is 25.3 Å². The quantitative estimate of drug-likeness (QED) is 0.739. The van der Waals surface area contributed by atoms with Crippen LogP contribution in [-0.2, 0) is 0 Å². The van der Waals surface area contributed by atoms with Crippen LogP contribution in [0.25, 0.3) is 0 Å². The number of pyridine rings is 1. The molecule has 14 heavy (non-hydrogen) atoms. The normalized spacial score (nSPS) is 16.4. The maximum atomic E-state index is 5.66. The maximum Gasteiger partial charge on any atom is 0.149 e. The molecule has 0 bridgehead atoms. The highest BCUT2D eigenvalue weighted by Crippen LogP contribution is 2.28. The van der Waals surface area contributed by atoms with Gasteiger partial charge < -0.3 is 16.4 Å². The van der Waals surface area contributed by atoms with Gasteiger partial charge in [-0.15, -0.1) is 0 Å². The second-order valence-electron chi connectivity index (χ2n) is 3.84. The lowest BCUT2D eigenvalue weighted by Gasteiger charge is -2.35. The molecule has 1 aliphatic rings. The smallest absolute Gasteiger partial charge is 0.149 e. The molecule has 0 saturated heterocycles. The Morgan fingerprint density at radius 1 is 1.36 bits per heavy atom. The van der Waals surface area contributed by atoms with Gasteiger partial charge in [-0.05, 0) is 31.4 Å². The van der Waals surface area contributed by atoms with Crippen LogP contribution >= 0.6 is 0 Å². The zero-order chi connectivity index (χ0) is 10.1. The van der Waals surface area contributed by atoms with Crippen molar-refractivity contribution >= 4 is 17.3 Å². The van der Waals surface area contributed by atoms with Crippen molar-refractivity contribution in [3.63, 3.8) is 0 Å². The number of rotatable bonds is 2. The van der Waals surface area contributed by atoms with Crippen molar-refractivity contribution in [3.05, 3.63) is 12.1 Å². The minimum absolute atomic E-state index is 0.425. The van der Waals surface area contributed by atoms with Gasteiger partial charge in [0, 0.05) is 13.1 Å². The summed E-state index contributed by atoms with van der Waals surface area (Å²) in [6.45, 7) is 0. The molecular formula is C10H16N4. The molecule has 76 valence electrons. The molecule has 1 saturated carbocycles. The van der Waals surface area contributed by atoms with E-state index in [-0.39, 0.29) is 0 Å². The van der Waals surface area contributed by atoms with Crippen molar-refractivity contribution in [2.24, 2.45) is 0 Å². The van der Waals surface area contributed by atoms with Crippen LogP contribution in [0.5, 0.6) is 0 Å². The molecule has 0 aliphatic heterocycles. The number of aromatic nitrogens is 1.